The Balaban J connectivity index is 2.16. The van der Waals surface area contributed by atoms with Gasteiger partial charge in [0.15, 0.2) is 0 Å². The van der Waals surface area contributed by atoms with Crippen molar-refractivity contribution < 1.29 is 63.1 Å². The minimum atomic E-state index is -1.87. The van der Waals surface area contributed by atoms with Crippen LogP contribution in [0.5, 0.6) is 0 Å². The number of carboxylic acids is 2. The third kappa shape index (κ3) is 16.8. The van der Waals surface area contributed by atoms with E-state index in [1.54, 1.807) is 74.5 Å². The number of hydrogen-bond donors (Lipinski definition) is 7. The third-order valence-corrected chi connectivity index (χ3v) is 7.26. The summed E-state index contributed by atoms with van der Waals surface area (Å²) in [5.74, 6) is -8.47. The van der Waals surface area contributed by atoms with Gasteiger partial charge in [-0.1, -0.05) is 74.5 Å². The Hall–Kier alpha value is -6.30. The zero-order valence-electron chi connectivity index (χ0n) is 29.9. The SMILES string of the molecule is CC(C)C[C@H](NC(=O)OCc1ccccc1)C(=O)N[C@@H](CCC(=O)O)C(=O)N[C@H](C(=O)NN(CC(=O)O)C(=O)/C=C/C(=O)OCc1ccccc1)[C@@H](C)O. The summed E-state index contributed by atoms with van der Waals surface area (Å²) in [6.45, 7) is 3.30. The summed E-state index contributed by atoms with van der Waals surface area (Å²) < 4.78 is 10.2. The van der Waals surface area contributed by atoms with E-state index in [1.807, 2.05) is 5.43 Å². The van der Waals surface area contributed by atoms with Gasteiger partial charge in [0.05, 0.1) is 6.10 Å². The van der Waals surface area contributed by atoms with Crippen LogP contribution in [-0.4, -0.2) is 98.7 Å². The molecule has 5 amide bonds. The highest BCUT2D eigenvalue weighted by atomic mass is 16.5. The number of benzene rings is 2. The lowest BCUT2D eigenvalue weighted by molar-refractivity contribution is -0.149. The van der Waals surface area contributed by atoms with Crippen molar-refractivity contribution >= 4 is 47.6 Å². The molecule has 0 aliphatic rings. The molecule has 2 aromatic carbocycles. The second-order valence-corrected chi connectivity index (χ2v) is 12.3. The molecule has 0 radical (unpaired) electrons. The van der Waals surface area contributed by atoms with Gasteiger partial charge >= 0.3 is 24.0 Å². The molecule has 2 rings (SSSR count). The lowest BCUT2D eigenvalue weighted by atomic mass is 10.0. The summed E-state index contributed by atoms with van der Waals surface area (Å²) in [7, 11) is 0. The molecule has 0 aromatic heterocycles. The number of nitrogens with zero attached hydrogens (tertiary/aromatic N) is 1. The van der Waals surface area contributed by atoms with E-state index in [4.69, 9.17) is 9.47 Å². The van der Waals surface area contributed by atoms with Crippen molar-refractivity contribution in [1.29, 1.82) is 0 Å². The second-order valence-electron chi connectivity index (χ2n) is 12.3. The topological polar surface area (TPSA) is 267 Å². The number of esters is 1. The van der Waals surface area contributed by atoms with Gasteiger partial charge in [-0.05, 0) is 36.8 Å². The maximum Gasteiger partial charge on any atom is 0.408 e. The summed E-state index contributed by atoms with van der Waals surface area (Å²) in [5, 5.41) is 36.3. The number of hydrogen-bond acceptors (Lipinski definition) is 11. The fourth-order valence-electron chi connectivity index (χ4n) is 4.59. The molecule has 0 aliphatic heterocycles. The molecular formula is C36H45N5O13. The van der Waals surface area contributed by atoms with Gasteiger partial charge in [0, 0.05) is 18.6 Å². The Labute approximate surface area is 310 Å². The Kier molecular flexibility index (Phi) is 18.4. The molecule has 292 valence electrons. The molecule has 0 saturated carbocycles. The first kappa shape index (κ1) is 43.9. The van der Waals surface area contributed by atoms with E-state index in [0.717, 1.165) is 6.92 Å². The van der Waals surface area contributed by atoms with Crippen LogP contribution in [0.4, 0.5) is 4.79 Å². The largest absolute Gasteiger partial charge is 0.481 e. The Bertz CT molecular complexity index is 1630. The number of aliphatic carboxylic acids is 2. The molecule has 0 aliphatic carbocycles. The Morgan fingerprint density at radius 3 is 1.78 bits per heavy atom. The van der Waals surface area contributed by atoms with E-state index in [1.165, 1.54) is 0 Å². The van der Waals surface area contributed by atoms with Crippen LogP contribution in [0.3, 0.4) is 0 Å². The van der Waals surface area contributed by atoms with Crippen molar-refractivity contribution in [2.24, 2.45) is 5.92 Å². The second kappa shape index (κ2) is 22.6. The number of carbonyl (C=O) groups is 8. The van der Waals surface area contributed by atoms with Crippen LogP contribution in [0.2, 0.25) is 0 Å². The highest BCUT2D eigenvalue weighted by Crippen LogP contribution is 2.09. The fraction of sp³-hybridized carbons (Fsp3) is 0.389. The zero-order valence-corrected chi connectivity index (χ0v) is 29.9. The number of carbonyl (C=O) groups excluding carboxylic acids is 6. The van der Waals surface area contributed by atoms with E-state index in [9.17, 15) is 53.7 Å². The van der Waals surface area contributed by atoms with Crippen LogP contribution in [0, 0.1) is 5.92 Å². The number of aliphatic hydroxyl groups excluding tert-OH is 1. The van der Waals surface area contributed by atoms with E-state index >= 15 is 0 Å². The first-order valence-corrected chi connectivity index (χ1v) is 16.8. The number of alkyl carbamates (subject to hydrolysis) is 1. The summed E-state index contributed by atoms with van der Waals surface area (Å²) in [6, 6.07) is 12.6. The first-order valence-electron chi connectivity index (χ1n) is 16.8. The Morgan fingerprint density at radius 2 is 1.26 bits per heavy atom. The third-order valence-electron chi connectivity index (χ3n) is 7.26. The molecule has 4 atom stereocenters. The van der Waals surface area contributed by atoms with E-state index in [-0.39, 0.29) is 25.6 Å². The highest BCUT2D eigenvalue weighted by Gasteiger charge is 2.33. The number of hydrazine groups is 1. The Morgan fingerprint density at radius 1 is 0.704 bits per heavy atom. The van der Waals surface area contributed by atoms with Crippen molar-refractivity contribution in [3.63, 3.8) is 0 Å². The predicted molar refractivity (Wildman–Crippen MR) is 188 cm³/mol. The minimum Gasteiger partial charge on any atom is -0.481 e. The van der Waals surface area contributed by atoms with Gasteiger partial charge in [0.25, 0.3) is 11.8 Å². The summed E-state index contributed by atoms with van der Waals surface area (Å²) in [4.78, 5) is 100. The minimum absolute atomic E-state index is 0.0882. The van der Waals surface area contributed by atoms with E-state index < -0.39 is 91.2 Å². The van der Waals surface area contributed by atoms with Crippen molar-refractivity contribution in [3.8, 4) is 0 Å². The standard InChI is InChI=1S/C36H45N5O13/c1-22(2)18-27(38-36(52)54-21-25-12-8-5-9-13-25)34(50)37-26(14-16-29(44)45)33(49)39-32(23(3)42)35(51)40-41(19-30(46)47)28(43)15-17-31(48)53-20-24-10-6-4-7-11-24/h4-13,15,17,22-23,26-27,32,42H,14,16,18-21H2,1-3H3,(H,37,50)(H,38,52)(H,39,49)(H,40,51)(H,44,45)(H,46,47)/b17-15+/t23-,26+,27+,32+/m1/s1. The van der Waals surface area contributed by atoms with E-state index in [0.29, 0.717) is 28.3 Å². The zero-order chi connectivity index (χ0) is 40.2. The lowest BCUT2D eigenvalue weighted by Gasteiger charge is -2.28. The molecule has 0 unspecified atom stereocenters. The molecule has 18 heteroatoms. The van der Waals surface area contributed by atoms with Crippen LogP contribution in [-0.2, 0) is 56.2 Å². The fourth-order valence-corrected chi connectivity index (χ4v) is 4.59. The number of ether oxygens (including phenoxy) is 2. The molecular weight excluding hydrogens is 710 g/mol. The smallest absolute Gasteiger partial charge is 0.408 e. The molecule has 18 nitrogen and oxygen atoms in total. The predicted octanol–water partition coefficient (Wildman–Crippen LogP) is 0.787. The summed E-state index contributed by atoms with van der Waals surface area (Å²) in [5.41, 5.74) is 3.32. The highest BCUT2D eigenvalue weighted by molar-refractivity contribution is 5.98. The molecule has 54 heavy (non-hydrogen) atoms. The maximum absolute atomic E-state index is 13.4. The monoisotopic (exact) mass is 755 g/mol. The lowest BCUT2D eigenvalue weighted by Crippen LogP contribution is -2.61. The average Bonchev–Trinajstić information content (AvgIpc) is 3.12. The van der Waals surface area contributed by atoms with Crippen molar-refractivity contribution in [3.05, 3.63) is 83.9 Å². The molecule has 0 bridgehead atoms. The average molecular weight is 756 g/mol. The van der Waals surface area contributed by atoms with Crippen molar-refractivity contribution in [2.75, 3.05) is 6.54 Å². The molecule has 0 heterocycles. The van der Waals surface area contributed by atoms with Gasteiger partial charge in [-0.15, -0.1) is 0 Å². The van der Waals surface area contributed by atoms with Gasteiger partial charge in [-0.25, -0.2) is 14.6 Å². The van der Waals surface area contributed by atoms with Gasteiger partial charge in [0.1, 0.15) is 37.9 Å². The summed E-state index contributed by atoms with van der Waals surface area (Å²) in [6.07, 6.45) is -2.27. The van der Waals surface area contributed by atoms with Crippen molar-refractivity contribution in [2.45, 2.75) is 77.5 Å². The van der Waals surface area contributed by atoms with Gasteiger partial charge in [-0.2, -0.15) is 0 Å². The van der Waals surface area contributed by atoms with Crippen LogP contribution in [0.15, 0.2) is 72.8 Å². The van der Waals surface area contributed by atoms with Crippen LogP contribution in [0.25, 0.3) is 0 Å². The van der Waals surface area contributed by atoms with Crippen LogP contribution >= 0.6 is 0 Å². The van der Waals surface area contributed by atoms with Crippen LogP contribution in [0.1, 0.15) is 51.2 Å². The molecule has 0 saturated heterocycles. The van der Waals surface area contributed by atoms with Gasteiger partial charge in [0.2, 0.25) is 11.8 Å². The molecule has 7 N–H and O–H groups in total. The molecule has 0 fully saturated rings. The van der Waals surface area contributed by atoms with Crippen LogP contribution < -0.4 is 21.4 Å². The number of rotatable bonds is 20. The molecule has 0 spiro atoms. The normalized spacial score (nSPS) is 13.1. The maximum atomic E-state index is 13.4. The summed E-state index contributed by atoms with van der Waals surface area (Å²) >= 11 is 0. The first-order chi connectivity index (χ1) is 25.5. The number of nitrogens with one attached hydrogen (secondary N) is 4. The van der Waals surface area contributed by atoms with Gasteiger partial charge in [-0.3, -0.25) is 34.2 Å². The number of amides is 5. The van der Waals surface area contributed by atoms with E-state index in [2.05, 4.69) is 16.0 Å². The quantitative estimate of drug-likeness (QED) is 0.0561. The van der Waals surface area contributed by atoms with Gasteiger partial charge < -0.3 is 40.7 Å². The number of aliphatic hydroxyl groups is 1. The number of carboxylic acid groups (broad SMARTS) is 2. The molecule has 2 aromatic rings. The van der Waals surface area contributed by atoms with Crippen molar-refractivity contribution in [1.82, 2.24) is 26.4 Å².